The minimum Gasteiger partial charge on any atom is -0.448 e. The quantitative estimate of drug-likeness (QED) is 0.716. The Kier molecular flexibility index (Phi) is 4.43. The van der Waals surface area contributed by atoms with E-state index >= 15 is 0 Å². The Morgan fingerprint density at radius 1 is 1.50 bits per heavy atom. The summed E-state index contributed by atoms with van der Waals surface area (Å²) in [4.78, 5) is 4.12. The van der Waals surface area contributed by atoms with E-state index in [1.807, 2.05) is 13.1 Å². The largest absolute Gasteiger partial charge is 0.448 e. The maximum Gasteiger partial charge on any atom is 0.181 e. The smallest absolute Gasteiger partial charge is 0.181 e. The van der Waals surface area contributed by atoms with Gasteiger partial charge in [0.1, 0.15) is 11.5 Å². The lowest BCUT2D eigenvalue weighted by Crippen LogP contribution is -2.18. The van der Waals surface area contributed by atoms with E-state index in [0.717, 1.165) is 23.7 Å². The van der Waals surface area contributed by atoms with Gasteiger partial charge in [-0.3, -0.25) is 0 Å². The van der Waals surface area contributed by atoms with E-state index in [1.54, 1.807) is 11.8 Å². The summed E-state index contributed by atoms with van der Waals surface area (Å²) in [5, 5.41) is 11.3. The third-order valence-electron chi connectivity index (χ3n) is 2.53. The Balaban J connectivity index is 1.84. The van der Waals surface area contributed by atoms with Crippen LogP contribution in [-0.2, 0) is 17.8 Å². The monoisotopic (exact) mass is 251 g/mol. The summed E-state index contributed by atoms with van der Waals surface area (Å²) in [6, 6.07) is 0. The van der Waals surface area contributed by atoms with Crippen molar-refractivity contribution in [2.75, 3.05) is 20.3 Å². The van der Waals surface area contributed by atoms with Crippen LogP contribution in [0.1, 0.15) is 17.1 Å². The summed E-state index contributed by atoms with van der Waals surface area (Å²) >= 11 is 0. The van der Waals surface area contributed by atoms with Gasteiger partial charge in [-0.05, 0) is 6.92 Å². The number of methoxy groups -OCH3 is 1. The molecular weight excluding hydrogens is 234 g/mol. The Bertz CT molecular complexity index is 479. The Morgan fingerprint density at radius 3 is 3.11 bits per heavy atom. The normalized spacial score (nSPS) is 11.0. The van der Waals surface area contributed by atoms with Gasteiger partial charge in [0.15, 0.2) is 6.39 Å². The number of oxazole rings is 1. The molecule has 0 bridgehead atoms. The van der Waals surface area contributed by atoms with Gasteiger partial charge < -0.3 is 14.5 Å². The number of hydrogen-bond donors (Lipinski definition) is 1. The van der Waals surface area contributed by atoms with Crippen molar-refractivity contribution in [2.45, 2.75) is 20.0 Å². The molecule has 0 amide bonds. The molecule has 0 spiro atoms. The van der Waals surface area contributed by atoms with Gasteiger partial charge in [-0.2, -0.15) is 0 Å². The van der Waals surface area contributed by atoms with E-state index in [4.69, 9.17) is 9.15 Å². The number of nitrogens with zero attached hydrogens (tertiary/aromatic N) is 4. The fourth-order valence-electron chi connectivity index (χ4n) is 1.52. The van der Waals surface area contributed by atoms with Crippen molar-refractivity contribution >= 4 is 0 Å². The summed E-state index contributed by atoms with van der Waals surface area (Å²) in [5.41, 5.74) is 1.77. The van der Waals surface area contributed by atoms with Gasteiger partial charge in [-0.25, -0.2) is 9.67 Å². The van der Waals surface area contributed by atoms with Gasteiger partial charge in [0.2, 0.25) is 0 Å². The molecule has 1 N–H and O–H groups in total. The first-order valence-corrected chi connectivity index (χ1v) is 5.77. The first-order valence-electron chi connectivity index (χ1n) is 5.77. The van der Waals surface area contributed by atoms with E-state index in [2.05, 4.69) is 20.6 Å². The fraction of sp³-hybridized carbons (Fsp3) is 0.545. The van der Waals surface area contributed by atoms with Crippen LogP contribution in [-0.4, -0.2) is 40.2 Å². The number of aromatic nitrogens is 4. The van der Waals surface area contributed by atoms with Gasteiger partial charge >= 0.3 is 0 Å². The molecule has 0 aliphatic carbocycles. The van der Waals surface area contributed by atoms with Gasteiger partial charge in [0, 0.05) is 20.2 Å². The van der Waals surface area contributed by atoms with Crippen LogP contribution < -0.4 is 5.32 Å². The minimum atomic E-state index is 0.577. The van der Waals surface area contributed by atoms with Crippen LogP contribution >= 0.6 is 0 Å². The molecule has 0 atom stereocenters. The second-order valence-corrected chi connectivity index (χ2v) is 3.93. The molecule has 0 radical (unpaired) electrons. The highest BCUT2D eigenvalue weighted by Crippen LogP contribution is 2.06. The lowest BCUT2D eigenvalue weighted by Gasteiger charge is -2.00. The van der Waals surface area contributed by atoms with E-state index in [1.165, 1.54) is 6.39 Å². The molecule has 2 rings (SSSR count). The summed E-state index contributed by atoms with van der Waals surface area (Å²) in [5.74, 6) is 0.810. The van der Waals surface area contributed by atoms with Crippen LogP contribution in [0.4, 0.5) is 0 Å². The Labute approximate surface area is 105 Å². The number of aryl methyl sites for hydroxylation is 1. The molecular formula is C11H17N5O2. The molecule has 98 valence electrons. The summed E-state index contributed by atoms with van der Waals surface area (Å²) in [6.45, 7) is 4.62. The average molecular weight is 251 g/mol. The van der Waals surface area contributed by atoms with Crippen molar-refractivity contribution in [3.05, 3.63) is 29.7 Å². The van der Waals surface area contributed by atoms with Crippen LogP contribution in [0.15, 0.2) is 17.0 Å². The van der Waals surface area contributed by atoms with Crippen LogP contribution in [0, 0.1) is 6.92 Å². The molecule has 0 saturated carbocycles. The molecule has 2 aromatic rings. The lowest BCUT2D eigenvalue weighted by atomic mass is 10.3. The Hall–Kier alpha value is -1.73. The highest BCUT2D eigenvalue weighted by Gasteiger charge is 2.06. The first kappa shape index (κ1) is 12.7. The van der Waals surface area contributed by atoms with Crippen LogP contribution in [0.5, 0.6) is 0 Å². The minimum absolute atomic E-state index is 0.577. The van der Waals surface area contributed by atoms with Crippen LogP contribution in [0.25, 0.3) is 0 Å². The second-order valence-electron chi connectivity index (χ2n) is 3.93. The van der Waals surface area contributed by atoms with Crippen molar-refractivity contribution in [2.24, 2.45) is 0 Å². The molecule has 0 unspecified atom stereocenters. The molecule has 2 heterocycles. The number of rotatable bonds is 7. The molecule has 0 aliphatic rings. The van der Waals surface area contributed by atoms with Gasteiger partial charge in [-0.15, -0.1) is 5.10 Å². The highest BCUT2D eigenvalue weighted by molar-refractivity contribution is 5.05. The maximum atomic E-state index is 5.14. The third-order valence-corrected chi connectivity index (χ3v) is 2.53. The SMILES string of the molecule is COCCNCc1cn(Cc2ncoc2C)nn1. The predicted octanol–water partition coefficient (Wildman–Crippen LogP) is 0.359. The number of hydrogen-bond acceptors (Lipinski definition) is 6. The van der Waals surface area contributed by atoms with Gasteiger partial charge in [-0.1, -0.05) is 5.21 Å². The van der Waals surface area contributed by atoms with Crippen molar-refractivity contribution in [3.8, 4) is 0 Å². The molecule has 2 aromatic heterocycles. The zero-order chi connectivity index (χ0) is 12.8. The summed E-state index contributed by atoms with van der Waals surface area (Å²) < 4.78 is 11.8. The van der Waals surface area contributed by atoms with Crippen LogP contribution in [0.2, 0.25) is 0 Å². The van der Waals surface area contributed by atoms with Crippen LogP contribution in [0.3, 0.4) is 0 Å². The molecule has 18 heavy (non-hydrogen) atoms. The zero-order valence-electron chi connectivity index (χ0n) is 10.6. The van der Waals surface area contributed by atoms with Crippen molar-refractivity contribution in [1.82, 2.24) is 25.3 Å². The standard InChI is InChI=1S/C11H17N5O2/c1-9-11(13-8-18-9)7-16-6-10(14-15-16)5-12-3-4-17-2/h6,8,12H,3-5,7H2,1-2H3. The van der Waals surface area contributed by atoms with E-state index in [9.17, 15) is 0 Å². The average Bonchev–Trinajstić information content (AvgIpc) is 2.96. The second kappa shape index (κ2) is 6.27. The molecule has 0 saturated heterocycles. The van der Waals surface area contributed by atoms with Crippen molar-refractivity contribution < 1.29 is 9.15 Å². The predicted molar refractivity (Wildman–Crippen MR) is 63.9 cm³/mol. The summed E-state index contributed by atoms with van der Waals surface area (Å²) in [7, 11) is 1.68. The summed E-state index contributed by atoms with van der Waals surface area (Å²) in [6.07, 6.45) is 3.34. The molecule has 0 fully saturated rings. The molecule has 7 nitrogen and oxygen atoms in total. The van der Waals surface area contributed by atoms with Crippen molar-refractivity contribution in [1.29, 1.82) is 0 Å². The third kappa shape index (κ3) is 3.38. The molecule has 0 aromatic carbocycles. The number of ether oxygens (including phenoxy) is 1. The number of nitrogens with one attached hydrogen (secondary N) is 1. The van der Waals surface area contributed by atoms with Gasteiger partial charge in [0.05, 0.1) is 25.0 Å². The Morgan fingerprint density at radius 2 is 2.39 bits per heavy atom. The highest BCUT2D eigenvalue weighted by atomic mass is 16.5. The van der Waals surface area contributed by atoms with Crippen molar-refractivity contribution in [3.63, 3.8) is 0 Å². The van der Waals surface area contributed by atoms with E-state index < -0.39 is 0 Å². The van der Waals surface area contributed by atoms with E-state index in [0.29, 0.717) is 19.7 Å². The zero-order valence-corrected chi connectivity index (χ0v) is 10.6. The fourth-order valence-corrected chi connectivity index (χ4v) is 1.52. The van der Waals surface area contributed by atoms with Gasteiger partial charge in [0.25, 0.3) is 0 Å². The lowest BCUT2D eigenvalue weighted by molar-refractivity contribution is 0.199. The molecule has 0 aliphatic heterocycles. The first-order chi connectivity index (χ1) is 8.79. The van der Waals surface area contributed by atoms with E-state index in [-0.39, 0.29) is 0 Å². The topological polar surface area (TPSA) is 78.0 Å². The molecule has 7 heteroatoms. The maximum absolute atomic E-state index is 5.14.